The molecule has 0 bridgehead atoms. The lowest BCUT2D eigenvalue weighted by Crippen LogP contribution is -2.49. The van der Waals surface area contributed by atoms with Crippen LogP contribution in [0.3, 0.4) is 0 Å². The Labute approximate surface area is 183 Å². The summed E-state index contributed by atoms with van der Waals surface area (Å²) in [6, 6.07) is 19.2. The van der Waals surface area contributed by atoms with E-state index in [0.29, 0.717) is 31.6 Å². The average molecular weight is 468 g/mol. The van der Waals surface area contributed by atoms with E-state index in [1.165, 1.54) is 7.11 Å². The van der Waals surface area contributed by atoms with Crippen molar-refractivity contribution >= 4 is 27.8 Å². The van der Waals surface area contributed by atoms with Crippen LogP contribution in [0.4, 0.5) is 0 Å². The van der Waals surface area contributed by atoms with E-state index in [1.807, 2.05) is 54.6 Å². The highest BCUT2D eigenvalue weighted by Gasteiger charge is 2.44. The van der Waals surface area contributed by atoms with Crippen LogP contribution in [0.1, 0.15) is 28.9 Å². The summed E-state index contributed by atoms with van der Waals surface area (Å²) in [4.78, 5) is 27.5. The maximum absolute atomic E-state index is 13.0. The van der Waals surface area contributed by atoms with Gasteiger partial charge in [0.15, 0.2) is 0 Å². The molecule has 1 saturated heterocycles. The molecule has 3 aromatic rings. The SMILES string of the molecule is COC(=O)C1(c2ccccc2)CCN(C(=O)c2cc(-c3ccc(Br)cc3)n[nH]2)CC1. The number of ether oxygens (including phenoxy) is 1. The van der Waals surface area contributed by atoms with Crippen molar-refractivity contribution in [2.24, 2.45) is 0 Å². The Kier molecular flexibility index (Phi) is 5.72. The Morgan fingerprint density at radius 3 is 2.37 bits per heavy atom. The van der Waals surface area contributed by atoms with Crippen molar-refractivity contribution in [3.05, 3.63) is 76.4 Å². The molecule has 4 rings (SSSR count). The normalized spacial score (nSPS) is 15.6. The Hall–Kier alpha value is -2.93. The van der Waals surface area contributed by atoms with Crippen molar-refractivity contribution in [3.8, 4) is 11.3 Å². The Morgan fingerprint density at radius 2 is 1.73 bits per heavy atom. The topological polar surface area (TPSA) is 75.3 Å². The van der Waals surface area contributed by atoms with E-state index in [2.05, 4.69) is 26.1 Å². The number of amides is 1. The number of esters is 1. The number of hydrogen-bond acceptors (Lipinski definition) is 4. The molecular formula is C23H22BrN3O3. The maximum Gasteiger partial charge on any atom is 0.316 e. The number of halogens is 1. The third kappa shape index (κ3) is 3.77. The molecule has 6 nitrogen and oxygen atoms in total. The second kappa shape index (κ2) is 8.44. The van der Waals surface area contributed by atoms with Crippen molar-refractivity contribution in [2.75, 3.05) is 20.2 Å². The van der Waals surface area contributed by atoms with Crippen LogP contribution in [0.15, 0.2) is 65.1 Å². The van der Waals surface area contributed by atoms with Gasteiger partial charge in [-0.2, -0.15) is 5.10 Å². The number of rotatable bonds is 4. The van der Waals surface area contributed by atoms with E-state index in [4.69, 9.17) is 4.74 Å². The molecule has 1 aromatic heterocycles. The van der Waals surface area contributed by atoms with E-state index in [1.54, 1.807) is 11.0 Å². The average Bonchev–Trinajstić information content (AvgIpc) is 3.29. The lowest BCUT2D eigenvalue weighted by molar-refractivity contribution is -0.149. The quantitative estimate of drug-likeness (QED) is 0.583. The lowest BCUT2D eigenvalue weighted by atomic mass is 9.72. The first kappa shape index (κ1) is 20.3. The summed E-state index contributed by atoms with van der Waals surface area (Å²) >= 11 is 3.42. The van der Waals surface area contributed by atoms with E-state index in [-0.39, 0.29) is 11.9 Å². The maximum atomic E-state index is 13.0. The lowest BCUT2D eigenvalue weighted by Gasteiger charge is -2.39. The summed E-state index contributed by atoms with van der Waals surface area (Å²) in [6.45, 7) is 0.935. The van der Waals surface area contributed by atoms with Crippen LogP contribution in [0, 0.1) is 0 Å². The first-order chi connectivity index (χ1) is 14.5. The highest BCUT2D eigenvalue weighted by Crippen LogP contribution is 2.37. The van der Waals surface area contributed by atoms with Gasteiger partial charge in [-0.3, -0.25) is 14.7 Å². The summed E-state index contributed by atoms with van der Waals surface area (Å²) in [7, 11) is 1.42. The number of nitrogens with one attached hydrogen (secondary N) is 1. The second-order valence-electron chi connectivity index (χ2n) is 7.41. The minimum atomic E-state index is -0.719. The van der Waals surface area contributed by atoms with Gasteiger partial charge in [-0.15, -0.1) is 0 Å². The zero-order valence-electron chi connectivity index (χ0n) is 16.6. The van der Waals surface area contributed by atoms with Crippen molar-refractivity contribution in [2.45, 2.75) is 18.3 Å². The molecule has 1 aliphatic rings. The number of piperidine rings is 1. The molecule has 2 heterocycles. The summed E-state index contributed by atoms with van der Waals surface area (Å²) in [6.07, 6.45) is 1.03. The Balaban J connectivity index is 1.50. The number of H-pyrrole nitrogens is 1. The van der Waals surface area contributed by atoms with Gasteiger partial charge in [-0.1, -0.05) is 58.4 Å². The second-order valence-corrected chi connectivity index (χ2v) is 8.32. The van der Waals surface area contributed by atoms with E-state index < -0.39 is 5.41 Å². The fourth-order valence-electron chi connectivity index (χ4n) is 4.02. The first-order valence-electron chi connectivity index (χ1n) is 9.78. The summed E-state index contributed by atoms with van der Waals surface area (Å²) in [5, 5.41) is 7.15. The third-order valence-electron chi connectivity index (χ3n) is 5.75. The van der Waals surface area contributed by atoms with Crippen molar-refractivity contribution in [3.63, 3.8) is 0 Å². The van der Waals surface area contributed by atoms with Gasteiger partial charge < -0.3 is 9.64 Å². The molecule has 1 fully saturated rings. The van der Waals surface area contributed by atoms with Crippen molar-refractivity contribution < 1.29 is 14.3 Å². The van der Waals surface area contributed by atoms with Gasteiger partial charge in [0.1, 0.15) is 5.69 Å². The number of carbonyl (C=O) groups excluding carboxylic acids is 2. The van der Waals surface area contributed by atoms with Gasteiger partial charge in [0.25, 0.3) is 5.91 Å². The van der Waals surface area contributed by atoms with Gasteiger partial charge in [-0.25, -0.2) is 0 Å². The molecule has 0 saturated carbocycles. The van der Waals surface area contributed by atoms with Crippen LogP contribution in [-0.2, 0) is 14.9 Å². The van der Waals surface area contributed by atoms with Crippen LogP contribution < -0.4 is 0 Å². The number of nitrogens with zero attached hydrogens (tertiary/aromatic N) is 2. The van der Waals surface area contributed by atoms with Crippen LogP contribution in [-0.4, -0.2) is 47.2 Å². The molecule has 1 amide bonds. The molecular weight excluding hydrogens is 446 g/mol. The molecule has 1 aliphatic heterocycles. The molecule has 7 heteroatoms. The summed E-state index contributed by atoms with van der Waals surface area (Å²) < 4.78 is 6.11. The zero-order valence-corrected chi connectivity index (χ0v) is 18.2. The number of aromatic amines is 1. The monoisotopic (exact) mass is 467 g/mol. The van der Waals surface area contributed by atoms with Crippen LogP contribution in [0.5, 0.6) is 0 Å². The van der Waals surface area contributed by atoms with Crippen LogP contribution in [0.2, 0.25) is 0 Å². The van der Waals surface area contributed by atoms with E-state index in [9.17, 15) is 9.59 Å². The predicted molar refractivity (Wildman–Crippen MR) is 117 cm³/mol. The molecule has 0 atom stereocenters. The van der Waals surface area contributed by atoms with Crippen molar-refractivity contribution in [1.29, 1.82) is 0 Å². The number of hydrogen-bond donors (Lipinski definition) is 1. The first-order valence-corrected chi connectivity index (χ1v) is 10.6. The van der Waals surface area contributed by atoms with Gasteiger partial charge in [0.05, 0.1) is 18.2 Å². The van der Waals surface area contributed by atoms with Gasteiger partial charge in [0.2, 0.25) is 0 Å². The number of carbonyl (C=O) groups is 2. The molecule has 1 N–H and O–H groups in total. The zero-order chi connectivity index (χ0) is 21.1. The fraction of sp³-hybridized carbons (Fsp3) is 0.261. The number of aromatic nitrogens is 2. The standard InChI is InChI=1S/C23H22BrN3O3/c1-30-22(29)23(17-5-3-2-4-6-17)11-13-27(14-12-23)21(28)20-15-19(25-26-20)16-7-9-18(24)10-8-16/h2-10,15H,11-14H2,1H3,(H,25,26). The van der Waals surface area contributed by atoms with E-state index >= 15 is 0 Å². The molecule has 0 radical (unpaired) electrons. The fourth-order valence-corrected chi connectivity index (χ4v) is 4.29. The molecule has 0 spiro atoms. The number of likely N-dealkylation sites (tertiary alicyclic amines) is 1. The summed E-state index contributed by atoms with van der Waals surface area (Å²) in [5.74, 6) is -0.364. The van der Waals surface area contributed by atoms with Crippen LogP contribution >= 0.6 is 15.9 Å². The minimum absolute atomic E-state index is 0.114. The largest absolute Gasteiger partial charge is 0.468 e. The third-order valence-corrected chi connectivity index (χ3v) is 6.28. The number of methoxy groups -OCH3 is 1. The molecule has 0 aliphatic carbocycles. The Bertz CT molecular complexity index is 1040. The van der Waals surface area contributed by atoms with Gasteiger partial charge >= 0.3 is 5.97 Å². The van der Waals surface area contributed by atoms with Crippen molar-refractivity contribution in [1.82, 2.24) is 15.1 Å². The number of benzene rings is 2. The highest BCUT2D eigenvalue weighted by atomic mass is 79.9. The van der Waals surface area contributed by atoms with Crippen LogP contribution in [0.25, 0.3) is 11.3 Å². The molecule has 154 valence electrons. The molecule has 0 unspecified atom stereocenters. The van der Waals surface area contributed by atoms with Gasteiger partial charge in [0, 0.05) is 23.1 Å². The van der Waals surface area contributed by atoms with Gasteiger partial charge in [-0.05, 0) is 36.6 Å². The Morgan fingerprint density at radius 1 is 1.07 bits per heavy atom. The smallest absolute Gasteiger partial charge is 0.316 e. The van der Waals surface area contributed by atoms with E-state index in [0.717, 1.165) is 21.3 Å². The summed E-state index contributed by atoms with van der Waals surface area (Å²) in [5.41, 5.74) is 2.31. The predicted octanol–water partition coefficient (Wildman–Crippen LogP) is 4.19. The molecule has 30 heavy (non-hydrogen) atoms. The molecule has 2 aromatic carbocycles. The minimum Gasteiger partial charge on any atom is -0.468 e. The highest BCUT2D eigenvalue weighted by molar-refractivity contribution is 9.10.